The van der Waals surface area contributed by atoms with Crippen LogP contribution in [0.4, 0.5) is 5.69 Å². The van der Waals surface area contributed by atoms with E-state index in [-0.39, 0.29) is 35.9 Å². The average molecular weight is 347 g/mol. The first-order valence-electron chi connectivity index (χ1n) is 6.52. The van der Waals surface area contributed by atoms with Crippen molar-refractivity contribution in [3.63, 3.8) is 0 Å². The molecule has 0 spiro atoms. The van der Waals surface area contributed by atoms with Crippen molar-refractivity contribution < 1.29 is 19.1 Å². The van der Waals surface area contributed by atoms with Gasteiger partial charge >= 0.3 is 0 Å². The summed E-state index contributed by atoms with van der Waals surface area (Å²) in [6, 6.07) is 5.02. The number of methoxy groups -OCH3 is 2. The molecule has 6 nitrogen and oxygen atoms in total. The summed E-state index contributed by atoms with van der Waals surface area (Å²) in [5.41, 5.74) is 5.87. The maximum atomic E-state index is 12.4. The second-order valence-corrected chi connectivity index (χ2v) is 5.77. The lowest BCUT2D eigenvalue weighted by atomic mass is 10.2. The Labute approximate surface area is 139 Å². The molecule has 0 aromatic heterocycles. The molecule has 0 saturated carbocycles. The zero-order chi connectivity index (χ0) is 15.4. The molecule has 0 aliphatic carbocycles. The Hall–Kier alpha value is -1.44. The Kier molecular flexibility index (Phi) is 6.99. The molecule has 1 aliphatic heterocycles. The minimum Gasteiger partial charge on any atom is -0.497 e. The predicted molar refractivity (Wildman–Crippen MR) is 89.2 cm³/mol. The third kappa shape index (κ3) is 3.66. The number of amides is 2. The molecule has 0 bridgehead atoms. The summed E-state index contributed by atoms with van der Waals surface area (Å²) in [6.45, 7) is 0.477. The fraction of sp³-hybridized carbons (Fsp3) is 0.429. The number of nitrogens with zero attached hydrogens (tertiary/aromatic N) is 1. The predicted octanol–water partition coefficient (Wildman–Crippen LogP) is 1.45. The van der Waals surface area contributed by atoms with Crippen LogP contribution in [0.1, 0.15) is 6.42 Å². The lowest BCUT2D eigenvalue weighted by molar-refractivity contribution is -0.121. The van der Waals surface area contributed by atoms with Gasteiger partial charge in [-0.05, 0) is 12.1 Å². The molecule has 0 radical (unpaired) electrons. The fourth-order valence-corrected chi connectivity index (χ4v) is 3.10. The summed E-state index contributed by atoms with van der Waals surface area (Å²) < 4.78 is 10.4. The number of carbonyl (C=O) groups excluding carboxylic acids is 2. The highest BCUT2D eigenvalue weighted by Crippen LogP contribution is 2.37. The molecule has 1 fully saturated rings. The number of benzene rings is 1. The van der Waals surface area contributed by atoms with Crippen LogP contribution < -0.4 is 20.1 Å². The lowest BCUT2D eigenvalue weighted by Gasteiger charge is -2.18. The molecule has 2 N–H and O–H groups in total. The molecular weight excluding hydrogens is 328 g/mol. The van der Waals surface area contributed by atoms with E-state index in [1.807, 2.05) is 0 Å². The first-order valence-corrected chi connectivity index (χ1v) is 7.57. The largest absolute Gasteiger partial charge is 0.497 e. The van der Waals surface area contributed by atoms with Gasteiger partial charge in [0.05, 0.1) is 25.2 Å². The van der Waals surface area contributed by atoms with Gasteiger partial charge in [-0.1, -0.05) is 0 Å². The Bertz CT molecular complexity index is 556. The summed E-state index contributed by atoms with van der Waals surface area (Å²) >= 11 is 1.41. The Balaban J connectivity index is 0.00000242. The van der Waals surface area contributed by atoms with Crippen molar-refractivity contribution in [2.75, 3.05) is 31.4 Å². The normalized spacial score (nSPS) is 17.4. The van der Waals surface area contributed by atoms with Gasteiger partial charge < -0.3 is 15.2 Å². The molecule has 22 heavy (non-hydrogen) atoms. The van der Waals surface area contributed by atoms with E-state index in [0.29, 0.717) is 29.5 Å². The van der Waals surface area contributed by atoms with E-state index >= 15 is 0 Å². The van der Waals surface area contributed by atoms with Crippen LogP contribution in [0.3, 0.4) is 0 Å². The maximum Gasteiger partial charge on any atom is 0.247 e. The topological polar surface area (TPSA) is 81.9 Å². The minimum atomic E-state index is -0.378. The number of hydrogen-bond donors (Lipinski definition) is 1. The number of imide groups is 1. The first-order chi connectivity index (χ1) is 10.1. The Morgan fingerprint density at radius 1 is 1.32 bits per heavy atom. The van der Waals surface area contributed by atoms with Gasteiger partial charge in [-0.25, -0.2) is 4.90 Å². The third-order valence-electron chi connectivity index (χ3n) is 3.17. The van der Waals surface area contributed by atoms with E-state index in [1.165, 1.54) is 30.9 Å². The molecule has 8 heteroatoms. The number of thioether (sulfide) groups is 1. The second kappa shape index (κ2) is 8.26. The molecule has 1 atom stereocenters. The van der Waals surface area contributed by atoms with E-state index in [9.17, 15) is 9.59 Å². The van der Waals surface area contributed by atoms with Gasteiger partial charge in [0.2, 0.25) is 11.8 Å². The monoisotopic (exact) mass is 346 g/mol. The summed E-state index contributed by atoms with van der Waals surface area (Å²) in [6.07, 6.45) is 0.184. The van der Waals surface area contributed by atoms with Crippen LogP contribution in [0, 0.1) is 0 Å². The van der Waals surface area contributed by atoms with E-state index in [0.717, 1.165) is 0 Å². The minimum absolute atomic E-state index is 0. The Morgan fingerprint density at radius 3 is 2.64 bits per heavy atom. The van der Waals surface area contributed by atoms with Crippen molar-refractivity contribution in [3.8, 4) is 11.5 Å². The standard InChI is InChI=1S/C14H18N2O4S.ClH/c1-19-9-3-4-11(20-2)10(7-9)16-13(17)8-12(14(16)18)21-6-5-15;/h3-4,7,12H,5-6,8,15H2,1-2H3;1H. The number of ether oxygens (including phenoxy) is 2. The number of carbonyl (C=O) groups is 2. The highest BCUT2D eigenvalue weighted by molar-refractivity contribution is 8.00. The summed E-state index contributed by atoms with van der Waals surface area (Å²) in [5.74, 6) is 1.20. The Morgan fingerprint density at radius 2 is 2.05 bits per heavy atom. The van der Waals surface area contributed by atoms with Gasteiger partial charge in [0.15, 0.2) is 0 Å². The van der Waals surface area contributed by atoms with E-state index < -0.39 is 0 Å². The van der Waals surface area contributed by atoms with E-state index in [1.54, 1.807) is 18.2 Å². The first kappa shape index (κ1) is 18.6. The molecule has 122 valence electrons. The highest BCUT2D eigenvalue weighted by Gasteiger charge is 2.40. The van der Waals surface area contributed by atoms with Crippen molar-refractivity contribution in [1.82, 2.24) is 0 Å². The second-order valence-electron chi connectivity index (χ2n) is 4.46. The molecule has 1 saturated heterocycles. The van der Waals surface area contributed by atoms with Crippen molar-refractivity contribution in [1.29, 1.82) is 0 Å². The smallest absolute Gasteiger partial charge is 0.247 e. The van der Waals surface area contributed by atoms with Crippen molar-refractivity contribution >= 4 is 41.7 Å². The third-order valence-corrected chi connectivity index (χ3v) is 4.41. The average Bonchev–Trinajstić information content (AvgIpc) is 2.78. The molecule has 1 aromatic rings. The quantitative estimate of drug-likeness (QED) is 0.785. The van der Waals surface area contributed by atoms with E-state index in [2.05, 4.69) is 0 Å². The van der Waals surface area contributed by atoms with Crippen LogP contribution in [0.5, 0.6) is 11.5 Å². The maximum absolute atomic E-state index is 12.4. The van der Waals surface area contributed by atoms with Crippen molar-refractivity contribution in [3.05, 3.63) is 18.2 Å². The van der Waals surface area contributed by atoms with Gasteiger partial charge in [-0.15, -0.1) is 24.2 Å². The van der Waals surface area contributed by atoms with E-state index in [4.69, 9.17) is 15.2 Å². The molecule has 2 rings (SSSR count). The molecule has 1 unspecified atom stereocenters. The van der Waals surface area contributed by atoms with Gasteiger partial charge in [-0.3, -0.25) is 9.59 Å². The van der Waals surface area contributed by atoms with Gasteiger partial charge in [0.25, 0.3) is 0 Å². The van der Waals surface area contributed by atoms with Crippen molar-refractivity contribution in [2.45, 2.75) is 11.7 Å². The van der Waals surface area contributed by atoms with Crippen LogP contribution in [-0.4, -0.2) is 43.6 Å². The van der Waals surface area contributed by atoms with Gasteiger partial charge in [0, 0.05) is 24.8 Å². The summed E-state index contributed by atoms with van der Waals surface area (Å²) in [4.78, 5) is 25.8. The molecule has 1 aliphatic rings. The SMILES string of the molecule is COc1ccc(OC)c(N2C(=O)CC(SCCN)C2=O)c1.Cl. The zero-order valence-corrected chi connectivity index (χ0v) is 14.0. The fourth-order valence-electron chi connectivity index (χ4n) is 2.17. The van der Waals surface area contributed by atoms with Crippen LogP contribution in [0.2, 0.25) is 0 Å². The molecular formula is C14H19ClN2O4S. The number of rotatable bonds is 6. The van der Waals surface area contributed by atoms with Crippen molar-refractivity contribution in [2.24, 2.45) is 5.73 Å². The number of hydrogen-bond acceptors (Lipinski definition) is 6. The van der Waals surface area contributed by atoms with Crippen LogP contribution >= 0.6 is 24.2 Å². The molecule has 2 amide bonds. The van der Waals surface area contributed by atoms with Gasteiger partial charge in [-0.2, -0.15) is 0 Å². The number of anilines is 1. The highest BCUT2D eigenvalue weighted by atomic mass is 35.5. The van der Waals surface area contributed by atoms with Crippen LogP contribution in [0.25, 0.3) is 0 Å². The number of nitrogens with two attached hydrogens (primary N) is 1. The molecule has 1 aromatic carbocycles. The lowest BCUT2D eigenvalue weighted by Crippen LogP contribution is -2.31. The summed E-state index contributed by atoms with van der Waals surface area (Å²) in [7, 11) is 3.02. The van der Waals surface area contributed by atoms with Crippen LogP contribution in [-0.2, 0) is 9.59 Å². The summed E-state index contributed by atoms with van der Waals surface area (Å²) in [5, 5.41) is -0.378. The zero-order valence-electron chi connectivity index (χ0n) is 12.4. The van der Waals surface area contributed by atoms with Gasteiger partial charge in [0.1, 0.15) is 11.5 Å². The molecule has 1 heterocycles. The number of halogens is 1. The van der Waals surface area contributed by atoms with Crippen LogP contribution in [0.15, 0.2) is 18.2 Å².